The third-order valence-electron chi connectivity index (χ3n) is 4.00. The fraction of sp³-hybridized carbons (Fsp3) is 0.263. The van der Waals surface area contributed by atoms with E-state index in [-0.39, 0.29) is 11.8 Å². The van der Waals surface area contributed by atoms with E-state index in [4.69, 9.17) is 16.3 Å². The molecule has 1 unspecified atom stereocenters. The molecule has 6 heteroatoms. The van der Waals surface area contributed by atoms with Crippen molar-refractivity contribution in [3.8, 4) is 5.75 Å². The third kappa shape index (κ3) is 4.12. The van der Waals surface area contributed by atoms with Crippen LogP contribution < -0.4 is 15.0 Å². The standard InChI is InChI=1S/C19H19ClN2O3/c1-13(25-15-6-3-2-4-7-15)19(24)21-14-9-10-17(16(20)12-14)22-11-5-8-18(22)23/h2-4,6-7,9-10,12-13H,5,8,11H2,1H3,(H,21,24). The molecule has 3 rings (SSSR count). The number of amides is 2. The summed E-state index contributed by atoms with van der Waals surface area (Å²) in [6.07, 6.45) is 0.728. The van der Waals surface area contributed by atoms with Crippen molar-refractivity contribution in [1.29, 1.82) is 0 Å². The minimum atomic E-state index is -0.652. The summed E-state index contributed by atoms with van der Waals surface area (Å²) in [5.74, 6) is 0.430. The number of rotatable bonds is 5. The SMILES string of the molecule is CC(Oc1ccccc1)C(=O)Nc1ccc(N2CCCC2=O)c(Cl)c1. The first kappa shape index (κ1) is 17.3. The maximum absolute atomic E-state index is 12.3. The number of carbonyl (C=O) groups is 2. The van der Waals surface area contributed by atoms with Gasteiger partial charge in [0, 0.05) is 18.7 Å². The van der Waals surface area contributed by atoms with Crippen molar-refractivity contribution in [3.63, 3.8) is 0 Å². The first-order valence-electron chi connectivity index (χ1n) is 8.17. The summed E-state index contributed by atoms with van der Waals surface area (Å²) in [6.45, 7) is 2.35. The molecule has 1 heterocycles. The summed E-state index contributed by atoms with van der Waals surface area (Å²) in [6, 6.07) is 14.3. The maximum Gasteiger partial charge on any atom is 0.265 e. The molecule has 1 N–H and O–H groups in total. The molecule has 2 aromatic carbocycles. The molecule has 130 valence electrons. The van der Waals surface area contributed by atoms with Crippen molar-refractivity contribution < 1.29 is 14.3 Å². The van der Waals surface area contributed by atoms with E-state index in [0.717, 1.165) is 6.42 Å². The van der Waals surface area contributed by atoms with Gasteiger partial charge in [-0.2, -0.15) is 0 Å². The molecule has 0 aromatic heterocycles. The summed E-state index contributed by atoms with van der Waals surface area (Å²) in [4.78, 5) is 25.8. The number of hydrogen-bond acceptors (Lipinski definition) is 3. The average molecular weight is 359 g/mol. The zero-order valence-electron chi connectivity index (χ0n) is 13.9. The predicted octanol–water partition coefficient (Wildman–Crippen LogP) is 3.87. The molecule has 2 aromatic rings. The van der Waals surface area contributed by atoms with Crippen LogP contribution in [0.2, 0.25) is 5.02 Å². The first-order chi connectivity index (χ1) is 12.0. The molecule has 5 nitrogen and oxygen atoms in total. The van der Waals surface area contributed by atoms with Crippen LogP contribution in [0.1, 0.15) is 19.8 Å². The smallest absolute Gasteiger partial charge is 0.265 e. The van der Waals surface area contributed by atoms with Crippen LogP contribution in [0.25, 0.3) is 0 Å². The minimum absolute atomic E-state index is 0.0727. The van der Waals surface area contributed by atoms with Gasteiger partial charge in [-0.25, -0.2) is 0 Å². The average Bonchev–Trinajstić information content (AvgIpc) is 3.01. The monoisotopic (exact) mass is 358 g/mol. The Hall–Kier alpha value is -2.53. The largest absolute Gasteiger partial charge is 0.481 e. The fourth-order valence-corrected chi connectivity index (χ4v) is 2.99. The van der Waals surface area contributed by atoms with Gasteiger partial charge in [-0.3, -0.25) is 9.59 Å². The Bertz CT molecular complexity index is 779. The molecule has 0 bridgehead atoms. The highest BCUT2D eigenvalue weighted by molar-refractivity contribution is 6.34. The van der Waals surface area contributed by atoms with Crippen LogP contribution in [0.15, 0.2) is 48.5 Å². The molecular formula is C19H19ClN2O3. The van der Waals surface area contributed by atoms with E-state index in [1.807, 2.05) is 18.2 Å². The molecule has 0 spiro atoms. The topological polar surface area (TPSA) is 58.6 Å². The number of nitrogens with zero attached hydrogens (tertiary/aromatic N) is 1. The number of ether oxygens (including phenoxy) is 1. The number of halogens is 1. The van der Waals surface area contributed by atoms with Gasteiger partial charge in [-0.1, -0.05) is 29.8 Å². The summed E-state index contributed by atoms with van der Waals surface area (Å²) in [5.41, 5.74) is 1.24. The van der Waals surface area contributed by atoms with Crippen molar-refractivity contribution in [2.24, 2.45) is 0 Å². The molecule has 25 heavy (non-hydrogen) atoms. The first-order valence-corrected chi connectivity index (χ1v) is 8.55. The summed E-state index contributed by atoms with van der Waals surface area (Å²) in [7, 11) is 0. The van der Waals surface area contributed by atoms with Crippen molar-refractivity contribution >= 4 is 34.8 Å². The lowest BCUT2D eigenvalue weighted by Gasteiger charge is -2.19. The van der Waals surface area contributed by atoms with Crippen LogP contribution >= 0.6 is 11.6 Å². The van der Waals surface area contributed by atoms with Gasteiger partial charge in [-0.05, 0) is 43.7 Å². The van der Waals surface area contributed by atoms with Crippen molar-refractivity contribution in [2.75, 3.05) is 16.8 Å². The minimum Gasteiger partial charge on any atom is -0.481 e. The highest BCUT2D eigenvalue weighted by Crippen LogP contribution is 2.31. The van der Waals surface area contributed by atoms with E-state index < -0.39 is 6.10 Å². The maximum atomic E-state index is 12.3. The van der Waals surface area contributed by atoms with Gasteiger partial charge in [0.1, 0.15) is 5.75 Å². The lowest BCUT2D eigenvalue weighted by atomic mass is 10.2. The van der Waals surface area contributed by atoms with Gasteiger partial charge in [0.05, 0.1) is 10.7 Å². The van der Waals surface area contributed by atoms with E-state index in [1.54, 1.807) is 42.2 Å². The van der Waals surface area contributed by atoms with E-state index in [2.05, 4.69) is 5.32 Å². The molecule has 1 aliphatic rings. The summed E-state index contributed by atoms with van der Waals surface area (Å²) in [5, 5.41) is 3.21. The number of nitrogens with one attached hydrogen (secondary N) is 1. The molecule has 1 fully saturated rings. The van der Waals surface area contributed by atoms with E-state index in [9.17, 15) is 9.59 Å². The van der Waals surface area contributed by atoms with Crippen LogP contribution in [0.3, 0.4) is 0 Å². The zero-order chi connectivity index (χ0) is 17.8. The molecule has 0 aliphatic carbocycles. The second-order valence-corrected chi connectivity index (χ2v) is 6.28. The molecule has 1 atom stereocenters. The Morgan fingerprint density at radius 3 is 2.64 bits per heavy atom. The molecule has 0 saturated carbocycles. The zero-order valence-corrected chi connectivity index (χ0v) is 14.6. The Labute approximate surface area is 151 Å². The molecule has 0 radical (unpaired) electrons. The Morgan fingerprint density at radius 1 is 1.24 bits per heavy atom. The molecule has 1 aliphatic heterocycles. The second-order valence-electron chi connectivity index (χ2n) is 5.88. The fourth-order valence-electron chi connectivity index (χ4n) is 2.71. The van der Waals surface area contributed by atoms with Gasteiger partial charge < -0.3 is 15.0 Å². The third-order valence-corrected chi connectivity index (χ3v) is 4.31. The lowest BCUT2D eigenvalue weighted by molar-refractivity contribution is -0.122. The highest BCUT2D eigenvalue weighted by atomic mass is 35.5. The number of para-hydroxylation sites is 1. The Kier molecular flexibility index (Phi) is 5.24. The van der Waals surface area contributed by atoms with Crippen molar-refractivity contribution in [3.05, 3.63) is 53.6 Å². The molecule has 1 saturated heterocycles. The molecular weight excluding hydrogens is 340 g/mol. The van der Waals surface area contributed by atoms with Crippen LogP contribution in [-0.4, -0.2) is 24.5 Å². The van der Waals surface area contributed by atoms with E-state index in [1.165, 1.54) is 0 Å². The van der Waals surface area contributed by atoms with Crippen LogP contribution in [0, 0.1) is 0 Å². The van der Waals surface area contributed by atoms with Gasteiger partial charge in [0.15, 0.2) is 6.10 Å². The van der Waals surface area contributed by atoms with Crippen molar-refractivity contribution in [1.82, 2.24) is 0 Å². The van der Waals surface area contributed by atoms with E-state index >= 15 is 0 Å². The number of benzene rings is 2. The van der Waals surface area contributed by atoms with Gasteiger partial charge in [-0.15, -0.1) is 0 Å². The normalized spacial score (nSPS) is 15.1. The van der Waals surface area contributed by atoms with Crippen LogP contribution in [0.5, 0.6) is 5.75 Å². The Morgan fingerprint density at radius 2 is 2.00 bits per heavy atom. The molecule has 2 amide bonds. The summed E-state index contributed by atoms with van der Waals surface area (Å²) >= 11 is 6.29. The second kappa shape index (κ2) is 7.57. The summed E-state index contributed by atoms with van der Waals surface area (Å²) < 4.78 is 5.60. The predicted molar refractivity (Wildman–Crippen MR) is 98.2 cm³/mol. The lowest BCUT2D eigenvalue weighted by Crippen LogP contribution is -2.30. The van der Waals surface area contributed by atoms with Gasteiger partial charge in [0.25, 0.3) is 5.91 Å². The number of carbonyl (C=O) groups excluding carboxylic acids is 2. The number of anilines is 2. The Balaban J connectivity index is 1.65. The van der Waals surface area contributed by atoms with E-state index in [0.29, 0.717) is 35.1 Å². The van der Waals surface area contributed by atoms with Gasteiger partial charge >= 0.3 is 0 Å². The quantitative estimate of drug-likeness (QED) is 0.882. The van der Waals surface area contributed by atoms with Crippen LogP contribution in [-0.2, 0) is 9.59 Å². The number of hydrogen-bond donors (Lipinski definition) is 1. The van der Waals surface area contributed by atoms with Crippen LogP contribution in [0.4, 0.5) is 11.4 Å². The van der Waals surface area contributed by atoms with Crippen molar-refractivity contribution in [2.45, 2.75) is 25.9 Å². The highest BCUT2D eigenvalue weighted by Gasteiger charge is 2.24. The van der Waals surface area contributed by atoms with Gasteiger partial charge in [0.2, 0.25) is 5.91 Å².